The Morgan fingerprint density at radius 1 is 1.50 bits per heavy atom. The van der Waals surface area contributed by atoms with Crippen molar-refractivity contribution in [3.63, 3.8) is 0 Å². The van der Waals surface area contributed by atoms with Crippen LogP contribution in [0.4, 0.5) is 0 Å². The van der Waals surface area contributed by atoms with Crippen molar-refractivity contribution in [2.24, 2.45) is 5.92 Å². The van der Waals surface area contributed by atoms with Crippen molar-refractivity contribution in [1.29, 1.82) is 0 Å². The third kappa shape index (κ3) is 3.18. The molecule has 1 saturated heterocycles. The average Bonchev–Trinajstić information content (AvgIpc) is 3.20. The molecule has 0 spiro atoms. The second-order valence-electron chi connectivity index (χ2n) is 4.67. The van der Waals surface area contributed by atoms with E-state index in [1.165, 1.54) is 29.3 Å². The highest BCUT2D eigenvalue weighted by atomic mass is 32.2. The Kier molecular flexibility index (Phi) is 4.31. The number of carbonyl (C=O) groups excluding carboxylic acids is 1. The molecule has 0 bridgehead atoms. The molecule has 0 aliphatic carbocycles. The van der Waals surface area contributed by atoms with E-state index in [9.17, 15) is 4.79 Å². The number of hydrogen-bond donors (Lipinski definition) is 2. The predicted molar refractivity (Wildman–Crippen MR) is 79.9 cm³/mol. The molecule has 0 saturated carbocycles. The van der Waals surface area contributed by atoms with Crippen LogP contribution in [0, 0.1) is 5.92 Å². The fraction of sp³-hybridized carbons (Fsp3) is 0.500. The lowest BCUT2D eigenvalue weighted by molar-refractivity contribution is 0.0956. The van der Waals surface area contributed by atoms with Crippen molar-refractivity contribution in [2.45, 2.75) is 12.8 Å². The summed E-state index contributed by atoms with van der Waals surface area (Å²) in [6.07, 6.45) is 2.35. The molecule has 1 atom stereocenters. The van der Waals surface area contributed by atoms with Gasteiger partial charge in [0.1, 0.15) is 0 Å². The molecule has 1 fully saturated rings. The van der Waals surface area contributed by atoms with Crippen molar-refractivity contribution in [3.05, 3.63) is 17.0 Å². The van der Waals surface area contributed by atoms with Gasteiger partial charge >= 0.3 is 0 Å². The summed E-state index contributed by atoms with van der Waals surface area (Å²) in [5, 5.41) is 16.7. The molecule has 3 rings (SSSR count). The molecule has 6 nitrogen and oxygen atoms in total. The normalized spacial score (nSPS) is 18.3. The van der Waals surface area contributed by atoms with Crippen LogP contribution in [0.1, 0.15) is 22.5 Å². The number of aromatic amines is 1. The highest BCUT2D eigenvalue weighted by Gasteiger charge is 2.16. The summed E-state index contributed by atoms with van der Waals surface area (Å²) in [6, 6.07) is 3.65. The molecule has 1 aliphatic heterocycles. The molecule has 2 N–H and O–H groups in total. The first kappa shape index (κ1) is 13.6. The number of thioether (sulfide) groups is 1. The second-order valence-corrected chi connectivity index (χ2v) is 6.91. The van der Waals surface area contributed by atoms with Gasteiger partial charge in [0.05, 0.1) is 9.75 Å². The number of aromatic nitrogens is 4. The van der Waals surface area contributed by atoms with Gasteiger partial charge in [0.25, 0.3) is 5.91 Å². The van der Waals surface area contributed by atoms with Crippen LogP contribution in [0.15, 0.2) is 12.1 Å². The van der Waals surface area contributed by atoms with Gasteiger partial charge < -0.3 is 5.32 Å². The van der Waals surface area contributed by atoms with Crippen molar-refractivity contribution >= 4 is 29.0 Å². The molecule has 106 valence electrons. The molecule has 0 aromatic carbocycles. The van der Waals surface area contributed by atoms with Crippen LogP contribution in [0.2, 0.25) is 0 Å². The molecular formula is C12H15N5OS2. The molecule has 0 radical (unpaired) electrons. The summed E-state index contributed by atoms with van der Waals surface area (Å²) in [5.41, 5.74) is 0. The van der Waals surface area contributed by atoms with E-state index in [1.807, 2.05) is 17.8 Å². The lowest BCUT2D eigenvalue weighted by Crippen LogP contribution is -2.25. The van der Waals surface area contributed by atoms with Crippen LogP contribution < -0.4 is 5.32 Å². The zero-order valence-electron chi connectivity index (χ0n) is 10.8. The third-order valence-electron chi connectivity index (χ3n) is 3.26. The molecule has 1 aliphatic rings. The molecule has 8 heteroatoms. The lowest BCUT2D eigenvalue weighted by atomic mass is 10.1. The lowest BCUT2D eigenvalue weighted by Gasteiger charge is -2.08. The van der Waals surface area contributed by atoms with Gasteiger partial charge in [0.15, 0.2) is 0 Å². The maximum absolute atomic E-state index is 12.0. The minimum atomic E-state index is -0.0182. The first-order chi connectivity index (χ1) is 9.83. The summed E-state index contributed by atoms with van der Waals surface area (Å²) in [4.78, 5) is 13.6. The quantitative estimate of drug-likeness (QED) is 0.880. The fourth-order valence-corrected chi connectivity index (χ4v) is 4.32. The van der Waals surface area contributed by atoms with Gasteiger partial charge in [0, 0.05) is 6.54 Å². The van der Waals surface area contributed by atoms with Crippen molar-refractivity contribution in [3.8, 4) is 10.7 Å². The second kappa shape index (κ2) is 6.36. The van der Waals surface area contributed by atoms with E-state index < -0.39 is 0 Å². The highest BCUT2D eigenvalue weighted by Crippen LogP contribution is 2.26. The van der Waals surface area contributed by atoms with E-state index in [4.69, 9.17) is 0 Å². The third-order valence-corrected chi connectivity index (χ3v) is 5.57. The smallest absolute Gasteiger partial charge is 0.261 e. The summed E-state index contributed by atoms with van der Waals surface area (Å²) < 4.78 is 0. The Labute approximate surface area is 124 Å². The average molecular weight is 309 g/mol. The van der Waals surface area contributed by atoms with Gasteiger partial charge in [-0.05, 0) is 47.6 Å². The summed E-state index contributed by atoms with van der Waals surface area (Å²) >= 11 is 3.39. The van der Waals surface area contributed by atoms with E-state index >= 15 is 0 Å². The van der Waals surface area contributed by atoms with Crippen molar-refractivity contribution < 1.29 is 4.79 Å². The van der Waals surface area contributed by atoms with Crippen LogP contribution in [-0.2, 0) is 0 Å². The fourth-order valence-electron chi connectivity index (χ4n) is 2.13. The number of H-pyrrole nitrogens is 1. The molecule has 3 heterocycles. The number of tetrazole rings is 1. The highest BCUT2D eigenvalue weighted by molar-refractivity contribution is 7.99. The Hall–Kier alpha value is -1.41. The van der Waals surface area contributed by atoms with Gasteiger partial charge in [-0.15, -0.1) is 21.5 Å². The first-order valence-electron chi connectivity index (χ1n) is 6.52. The number of thiophene rings is 1. The molecule has 20 heavy (non-hydrogen) atoms. The van der Waals surface area contributed by atoms with Crippen molar-refractivity contribution in [2.75, 3.05) is 18.1 Å². The van der Waals surface area contributed by atoms with Crippen LogP contribution in [0.5, 0.6) is 0 Å². The molecule has 2 aromatic heterocycles. The summed E-state index contributed by atoms with van der Waals surface area (Å²) in [6.45, 7) is 0.750. The standard InChI is InChI=1S/C12H15N5OS2/c18-12(13-5-3-8-4-6-19-7-8)10-2-1-9(20-10)11-14-16-17-15-11/h1-2,8H,3-7H2,(H,13,18)(H,14,15,16,17). The van der Waals surface area contributed by atoms with Crippen LogP contribution in [-0.4, -0.2) is 44.6 Å². The molecule has 2 aromatic rings. The van der Waals surface area contributed by atoms with Gasteiger partial charge in [-0.3, -0.25) is 4.79 Å². The zero-order chi connectivity index (χ0) is 13.8. The number of nitrogens with zero attached hydrogens (tertiary/aromatic N) is 3. The zero-order valence-corrected chi connectivity index (χ0v) is 12.5. The van der Waals surface area contributed by atoms with Gasteiger partial charge in [-0.1, -0.05) is 0 Å². The van der Waals surface area contributed by atoms with Crippen LogP contribution >= 0.6 is 23.1 Å². The number of rotatable bonds is 5. The van der Waals surface area contributed by atoms with E-state index in [0.29, 0.717) is 10.7 Å². The molecule has 1 unspecified atom stereocenters. The number of carbonyl (C=O) groups is 1. The summed E-state index contributed by atoms with van der Waals surface area (Å²) in [7, 11) is 0. The predicted octanol–water partition coefficient (Wildman–Crippen LogP) is 1.80. The number of nitrogens with one attached hydrogen (secondary N) is 2. The Morgan fingerprint density at radius 3 is 3.20 bits per heavy atom. The largest absolute Gasteiger partial charge is 0.351 e. The SMILES string of the molecule is O=C(NCCC1CCSC1)c1ccc(-c2nn[nH]n2)s1. The van der Waals surface area contributed by atoms with Gasteiger partial charge in [-0.2, -0.15) is 17.0 Å². The van der Waals surface area contributed by atoms with Crippen LogP contribution in [0.3, 0.4) is 0 Å². The van der Waals surface area contributed by atoms with Gasteiger partial charge in [0.2, 0.25) is 5.82 Å². The van der Waals surface area contributed by atoms with E-state index in [-0.39, 0.29) is 5.91 Å². The Balaban J connectivity index is 1.52. The topological polar surface area (TPSA) is 83.6 Å². The Morgan fingerprint density at radius 2 is 2.45 bits per heavy atom. The first-order valence-corrected chi connectivity index (χ1v) is 8.49. The monoisotopic (exact) mass is 309 g/mol. The number of amides is 1. The van der Waals surface area contributed by atoms with Crippen molar-refractivity contribution in [1.82, 2.24) is 25.9 Å². The van der Waals surface area contributed by atoms with Crippen LogP contribution in [0.25, 0.3) is 10.7 Å². The minimum Gasteiger partial charge on any atom is -0.351 e. The molecular weight excluding hydrogens is 294 g/mol. The Bertz CT molecular complexity index is 562. The van der Waals surface area contributed by atoms with E-state index in [2.05, 4.69) is 25.9 Å². The summed E-state index contributed by atoms with van der Waals surface area (Å²) in [5.74, 6) is 3.76. The maximum atomic E-state index is 12.0. The van der Waals surface area contributed by atoms with E-state index in [0.717, 1.165) is 23.8 Å². The van der Waals surface area contributed by atoms with E-state index in [1.54, 1.807) is 6.07 Å². The van der Waals surface area contributed by atoms with Gasteiger partial charge in [-0.25, -0.2) is 0 Å². The maximum Gasteiger partial charge on any atom is 0.261 e. The minimum absolute atomic E-state index is 0.0182. The number of hydrogen-bond acceptors (Lipinski definition) is 6. The molecule has 1 amide bonds.